The summed E-state index contributed by atoms with van der Waals surface area (Å²) in [6, 6.07) is 0.929. The van der Waals surface area contributed by atoms with Crippen LogP contribution in [0.25, 0.3) is 0 Å². The molecule has 0 aromatic carbocycles. The van der Waals surface area contributed by atoms with Gasteiger partial charge in [0, 0.05) is 19.1 Å². The fraction of sp³-hybridized carbons (Fsp3) is 1.00. The zero-order chi connectivity index (χ0) is 6.60. The van der Waals surface area contributed by atoms with Crippen molar-refractivity contribution in [1.29, 1.82) is 0 Å². The Kier molecular flexibility index (Phi) is 0.868. The lowest BCUT2D eigenvalue weighted by molar-refractivity contribution is 0.220. The van der Waals surface area contributed by atoms with Crippen molar-refractivity contribution in [3.8, 4) is 0 Å². The molecular weight excluding hydrogens is 124 g/mol. The molecule has 2 saturated heterocycles. The molecule has 2 nitrogen and oxygen atoms in total. The van der Waals surface area contributed by atoms with Gasteiger partial charge < -0.3 is 0 Å². The highest BCUT2D eigenvalue weighted by molar-refractivity contribution is 5.11. The third-order valence-electron chi connectivity index (χ3n) is 3.36. The maximum absolute atomic E-state index is 3.66. The molecule has 10 heavy (non-hydrogen) atoms. The number of hydrogen-bond acceptors (Lipinski definition) is 2. The number of hydrogen-bond donors (Lipinski definition) is 1. The van der Waals surface area contributed by atoms with Gasteiger partial charge in [-0.3, -0.25) is 10.2 Å². The molecule has 2 atom stereocenters. The lowest BCUT2D eigenvalue weighted by Crippen LogP contribution is -2.44. The van der Waals surface area contributed by atoms with E-state index in [4.69, 9.17) is 0 Å². The summed E-state index contributed by atoms with van der Waals surface area (Å²) in [4.78, 5) is 2.65. The molecule has 56 valence electrons. The second-order valence-electron chi connectivity index (χ2n) is 3.93. The standard InChI is InChI=1S/C8H14N2/c1-2-4-8(3-1)9-5-7-6-10(7)8/h7,9H,1-6H2. The predicted octanol–water partition coefficient (Wildman–Crippen LogP) is 0.544. The van der Waals surface area contributed by atoms with E-state index >= 15 is 0 Å². The normalized spacial score (nSPS) is 48.0. The molecular formula is C8H14N2. The SMILES string of the molecule is C1CCC2(C1)NCC1CN12. The summed E-state index contributed by atoms with van der Waals surface area (Å²) in [5, 5.41) is 3.66. The Hall–Kier alpha value is -0.0800. The molecule has 1 aliphatic carbocycles. The van der Waals surface area contributed by atoms with Crippen LogP contribution in [-0.2, 0) is 0 Å². The molecule has 1 spiro atoms. The number of rotatable bonds is 0. The highest BCUT2D eigenvalue weighted by atomic mass is 15.5. The molecule has 2 heterocycles. The van der Waals surface area contributed by atoms with Crippen LogP contribution in [-0.4, -0.2) is 29.7 Å². The van der Waals surface area contributed by atoms with Crippen molar-refractivity contribution >= 4 is 0 Å². The molecule has 0 aromatic heterocycles. The van der Waals surface area contributed by atoms with E-state index in [1.54, 1.807) is 0 Å². The van der Waals surface area contributed by atoms with E-state index < -0.39 is 0 Å². The van der Waals surface area contributed by atoms with Gasteiger partial charge in [0.2, 0.25) is 0 Å². The van der Waals surface area contributed by atoms with Gasteiger partial charge in [-0.2, -0.15) is 0 Å². The average molecular weight is 138 g/mol. The predicted molar refractivity (Wildman–Crippen MR) is 39.7 cm³/mol. The highest BCUT2D eigenvalue weighted by Crippen LogP contribution is 2.43. The summed E-state index contributed by atoms with van der Waals surface area (Å²) in [7, 11) is 0. The van der Waals surface area contributed by atoms with E-state index in [1.165, 1.54) is 38.8 Å². The van der Waals surface area contributed by atoms with Crippen LogP contribution in [0, 0.1) is 0 Å². The second-order valence-corrected chi connectivity index (χ2v) is 3.93. The summed E-state index contributed by atoms with van der Waals surface area (Å²) in [6.45, 7) is 2.65. The van der Waals surface area contributed by atoms with Gasteiger partial charge in [0.1, 0.15) is 0 Å². The molecule has 2 unspecified atom stereocenters. The first-order valence-corrected chi connectivity index (χ1v) is 4.43. The monoisotopic (exact) mass is 138 g/mol. The number of nitrogens with zero attached hydrogens (tertiary/aromatic N) is 1. The molecule has 0 radical (unpaired) electrons. The fourth-order valence-corrected chi connectivity index (χ4v) is 2.71. The molecule has 3 fully saturated rings. The van der Waals surface area contributed by atoms with Gasteiger partial charge in [-0.1, -0.05) is 12.8 Å². The molecule has 0 aromatic rings. The van der Waals surface area contributed by atoms with Crippen molar-refractivity contribution in [3.05, 3.63) is 0 Å². The fourth-order valence-electron chi connectivity index (χ4n) is 2.71. The van der Waals surface area contributed by atoms with Crippen LogP contribution in [0.5, 0.6) is 0 Å². The minimum atomic E-state index is 0.505. The van der Waals surface area contributed by atoms with Gasteiger partial charge in [0.05, 0.1) is 5.66 Å². The molecule has 3 aliphatic rings. The van der Waals surface area contributed by atoms with Crippen molar-refractivity contribution < 1.29 is 0 Å². The molecule has 0 bridgehead atoms. The van der Waals surface area contributed by atoms with Crippen LogP contribution in [0.15, 0.2) is 0 Å². The largest absolute Gasteiger partial charge is 0.298 e. The smallest absolute Gasteiger partial charge is 0.0716 e. The first-order valence-electron chi connectivity index (χ1n) is 4.43. The van der Waals surface area contributed by atoms with E-state index in [9.17, 15) is 0 Å². The molecule has 3 rings (SSSR count). The van der Waals surface area contributed by atoms with Crippen LogP contribution >= 0.6 is 0 Å². The van der Waals surface area contributed by atoms with Crippen LogP contribution in [0.1, 0.15) is 25.7 Å². The molecule has 1 saturated carbocycles. The molecule has 0 amide bonds. The van der Waals surface area contributed by atoms with Crippen molar-refractivity contribution in [2.24, 2.45) is 0 Å². The van der Waals surface area contributed by atoms with Crippen LogP contribution in [0.2, 0.25) is 0 Å². The maximum atomic E-state index is 3.66. The first-order chi connectivity index (χ1) is 4.91. The van der Waals surface area contributed by atoms with E-state index in [1.807, 2.05) is 0 Å². The van der Waals surface area contributed by atoms with E-state index in [0.29, 0.717) is 5.66 Å². The summed E-state index contributed by atoms with van der Waals surface area (Å²) in [5.41, 5.74) is 0.505. The lowest BCUT2D eigenvalue weighted by Gasteiger charge is -2.27. The Morgan fingerprint density at radius 1 is 1.30 bits per heavy atom. The Labute approximate surface area is 61.6 Å². The van der Waals surface area contributed by atoms with Crippen molar-refractivity contribution in [2.75, 3.05) is 13.1 Å². The minimum Gasteiger partial charge on any atom is -0.298 e. The van der Waals surface area contributed by atoms with Gasteiger partial charge in [0.25, 0.3) is 0 Å². The van der Waals surface area contributed by atoms with Gasteiger partial charge in [-0.25, -0.2) is 0 Å². The van der Waals surface area contributed by atoms with E-state index in [-0.39, 0.29) is 0 Å². The Morgan fingerprint density at radius 2 is 2.10 bits per heavy atom. The first kappa shape index (κ1) is 5.56. The second kappa shape index (κ2) is 1.56. The highest BCUT2D eigenvalue weighted by Gasteiger charge is 2.55. The summed E-state index contributed by atoms with van der Waals surface area (Å²) >= 11 is 0. The molecule has 2 aliphatic heterocycles. The Balaban J connectivity index is 1.89. The summed E-state index contributed by atoms with van der Waals surface area (Å²) in [6.07, 6.45) is 5.69. The van der Waals surface area contributed by atoms with E-state index in [0.717, 1.165) is 6.04 Å². The third-order valence-corrected chi connectivity index (χ3v) is 3.36. The van der Waals surface area contributed by atoms with Crippen LogP contribution in [0.4, 0.5) is 0 Å². The third kappa shape index (κ3) is 0.523. The van der Waals surface area contributed by atoms with Crippen LogP contribution in [0.3, 0.4) is 0 Å². The maximum Gasteiger partial charge on any atom is 0.0716 e. The Bertz CT molecular complexity index is 155. The van der Waals surface area contributed by atoms with Crippen molar-refractivity contribution in [2.45, 2.75) is 37.4 Å². The molecule has 1 N–H and O–H groups in total. The lowest BCUT2D eigenvalue weighted by atomic mass is 10.1. The van der Waals surface area contributed by atoms with Gasteiger partial charge in [0.15, 0.2) is 0 Å². The zero-order valence-corrected chi connectivity index (χ0v) is 6.27. The molecule has 2 heteroatoms. The van der Waals surface area contributed by atoms with Gasteiger partial charge >= 0.3 is 0 Å². The van der Waals surface area contributed by atoms with Crippen LogP contribution < -0.4 is 5.32 Å². The minimum absolute atomic E-state index is 0.505. The van der Waals surface area contributed by atoms with E-state index in [2.05, 4.69) is 10.2 Å². The topological polar surface area (TPSA) is 15.0 Å². The summed E-state index contributed by atoms with van der Waals surface area (Å²) < 4.78 is 0. The zero-order valence-electron chi connectivity index (χ0n) is 6.27. The number of nitrogens with one attached hydrogen (secondary N) is 1. The van der Waals surface area contributed by atoms with Gasteiger partial charge in [-0.05, 0) is 12.8 Å². The van der Waals surface area contributed by atoms with Crippen molar-refractivity contribution in [3.63, 3.8) is 0 Å². The average Bonchev–Trinajstić information content (AvgIpc) is 2.49. The Morgan fingerprint density at radius 3 is 2.60 bits per heavy atom. The van der Waals surface area contributed by atoms with Crippen molar-refractivity contribution in [1.82, 2.24) is 10.2 Å². The summed E-state index contributed by atoms with van der Waals surface area (Å²) in [5.74, 6) is 0. The quantitative estimate of drug-likeness (QED) is 0.491. The number of fused-ring (bicyclic) bond motifs is 2. The van der Waals surface area contributed by atoms with Gasteiger partial charge in [-0.15, -0.1) is 0 Å².